The van der Waals surface area contributed by atoms with Gasteiger partial charge in [0.2, 0.25) is 5.88 Å². The van der Waals surface area contributed by atoms with Crippen LogP contribution in [-0.4, -0.2) is 17.1 Å². The summed E-state index contributed by atoms with van der Waals surface area (Å²) in [5.41, 5.74) is 7.53. The molecular formula is C15H21N3O. The third-order valence-electron chi connectivity index (χ3n) is 3.67. The molecule has 2 N–H and O–H groups in total. The lowest BCUT2D eigenvalue weighted by Gasteiger charge is -2.27. The third-order valence-corrected chi connectivity index (χ3v) is 3.67. The van der Waals surface area contributed by atoms with Gasteiger partial charge in [-0.05, 0) is 25.8 Å². The molecular weight excluding hydrogens is 238 g/mol. The first kappa shape index (κ1) is 13.8. The molecule has 0 amide bonds. The Morgan fingerprint density at radius 3 is 2.63 bits per heavy atom. The highest BCUT2D eigenvalue weighted by molar-refractivity contribution is 5.34. The summed E-state index contributed by atoms with van der Waals surface area (Å²) in [7, 11) is 0. The van der Waals surface area contributed by atoms with Gasteiger partial charge in [0.15, 0.2) is 0 Å². The molecule has 0 radical (unpaired) electrons. The maximum Gasteiger partial charge on any atom is 0.214 e. The van der Waals surface area contributed by atoms with Gasteiger partial charge < -0.3 is 10.5 Å². The van der Waals surface area contributed by atoms with Crippen LogP contribution in [0.5, 0.6) is 5.88 Å². The van der Waals surface area contributed by atoms with E-state index in [0.29, 0.717) is 18.1 Å². The lowest BCUT2D eigenvalue weighted by Crippen LogP contribution is -2.45. The molecule has 1 aliphatic carbocycles. The summed E-state index contributed by atoms with van der Waals surface area (Å²) < 4.78 is 5.74. The van der Waals surface area contributed by atoms with Crippen LogP contribution in [-0.2, 0) is 0 Å². The largest absolute Gasteiger partial charge is 0.476 e. The Bertz CT molecular complexity index is 471. The Balaban J connectivity index is 2.01. The summed E-state index contributed by atoms with van der Waals surface area (Å²) in [6.45, 7) is 2.34. The van der Waals surface area contributed by atoms with Gasteiger partial charge in [-0.2, -0.15) is 5.26 Å². The molecule has 0 spiro atoms. The zero-order chi connectivity index (χ0) is 13.7. The van der Waals surface area contributed by atoms with Crippen molar-refractivity contribution in [2.75, 3.05) is 6.61 Å². The van der Waals surface area contributed by atoms with Crippen molar-refractivity contribution in [1.82, 2.24) is 4.98 Å². The van der Waals surface area contributed by atoms with Gasteiger partial charge in [-0.3, -0.25) is 0 Å². The van der Waals surface area contributed by atoms with E-state index >= 15 is 0 Å². The summed E-state index contributed by atoms with van der Waals surface area (Å²) in [4.78, 5) is 4.29. The van der Waals surface area contributed by atoms with E-state index in [4.69, 9.17) is 15.7 Å². The summed E-state index contributed by atoms with van der Waals surface area (Å²) in [6.07, 6.45) is 6.88. The Morgan fingerprint density at radius 2 is 2.00 bits per heavy atom. The molecule has 1 saturated carbocycles. The van der Waals surface area contributed by atoms with Gasteiger partial charge in [0.25, 0.3) is 0 Å². The number of hydrogen-bond donors (Lipinski definition) is 1. The number of aromatic nitrogens is 1. The van der Waals surface area contributed by atoms with Gasteiger partial charge in [0, 0.05) is 11.8 Å². The molecule has 1 aromatic heterocycles. The van der Waals surface area contributed by atoms with Crippen LogP contribution in [0.1, 0.15) is 49.8 Å². The van der Waals surface area contributed by atoms with Crippen LogP contribution in [0.3, 0.4) is 0 Å². The van der Waals surface area contributed by atoms with Gasteiger partial charge in [-0.1, -0.05) is 25.7 Å². The maximum atomic E-state index is 8.93. The normalized spacial score (nSPS) is 18.4. The van der Waals surface area contributed by atoms with Gasteiger partial charge in [0.1, 0.15) is 6.61 Å². The van der Waals surface area contributed by atoms with Crippen molar-refractivity contribution >= 4 is 0 Å². The van der Waals surface area contributed by atoms with Crippen LogP contribution in [0.25, 0.3) is 0 Å². The van der Waals surface area contributed by atoms with Crippen LogP contribution in [0.4, 0.5) is 0 Å². The Morgan fingerprint density at radius 1 is 1.32 bits per heavy atom. The highest BCUT2D eigenvalue weighted by atomic mass is 16.5. The Hall–Kier alpha value is -1.60. The van der Waals surface area contributed by atoms with Crippen molar-refractivity contribution in [3.8, 4) is 11.9 Å². The number of nitrogens with zero attached hydrogens (tertiary/aromatic N) is 2. The van der Waals surface area contributed by atoms with Crippen molar-refractivity contribution in [2.24, 2.45) is 5.73 Å². The highest BCUT2D eigenvalue weighted by Crippen LogP contribution is 2.25. The van der Waals surface area contributed by atoms with Crippen LogP contribution >= 0.6 is 0 Å². The number of nitriles is 1. The topological polar surface area (TPSA) is 71.9 Å². The van der Waals surface area contributed by atoms with Gasteiger partial charge in [0.05, 0.1) is 17.2 Å². The van der Waals surface area contributed by atoms with E-state index in [9.17, 15) is 0 Å². The second-order valence-electron chi connectivity index (χ2n) is 5.51. The van der Waals surface area contributed by atoms with E-state index in [1.165, 1.54) is 25.7 Å². The molecule has 0 aromatic carbocycles. The summed E-state index contributed by atoms with van der Waals surface area (Å²) in [5, 5.41) is 8.93. The molecule has 4 nitrogen and oxygen atoms in total. The number of ether oxygens (including phenoxy) is 1. The van der Waals surface area contributed by atoms with E-state index < -0.39 is 0 Å². The summed E-state index contributed by atoms with van der Waals surface area (Å²) in [6, 6.07) is 5.53. The fourth-order valence-electron chi connectivity index (χ4n) is 2.57. The second-order valence-corrected chi connectivity index (χ2v) is 5.51. The minimum atomic E-state index is -0.241. The van der Waals surface area contributed by atoms with Crippen molar-refractivity contribution in [1.29, 1.82) is 5.26 Å². The highest BCUT2D eigenvalue weighted by Gasteiger charge is 2.27. The molecule has 0 saturated heterocycles. The van der Waals surface area contributed by atoms with Crippen LogP contribution in [0, 0.1) is 18.3 Å². The number of hydrogen-bond acceptors (Lipinski definition) is 4. The standard InChI is InChI=1S/C15H21N3O/c1-12-8-13(10-16)9-14(18-12)19-11-15(17)6-4-2-3-5-7-15/h8-9H,2-7,11,17H2,1H3. The van der Waals surface area contributed by atoms with Gasteiger partial charge >= 0.3 is 0 Å². The first-order valence-electron chi connectivity index (χ1n) is 6.92. The fraction of sp³-hybridized carbons (Fsp3) is 0.600. The van der Waals surface area contributed by atoms with Crippen molar-refractivity contribution in [2.45, 2.75) is 51.0 Å². The molecule has 19 heavy (non-hydrogen) atoms. The van der Waals surface area contributed by atoms with E-state index in [-0.39, 0.29) is 5.54 Å². The summed E-state index contributed by atoms with van der Waals surface area (Å²) in [5.74, 6) is 0.505. The average Bonchev–Trinajstić information content (AvgIpc) is 2.61. The van der Waals surface area contributed by atoms with E-state index in [2.05, 4.69) is 11.1 Å². The predicted octanol–water partition coefficient (Wildman–Crippen LogP) is 2.69. The zero-order valence-corrected chi connectivity index (χ0v) is 11.5. The molecule has 0 atom stereocenters. The first-order chi connectivity index (χ1) is 9.11. The van der Waals surface area contributed by atoms with Crippen LogP contribution < -0.4 is 10.5 Å². The smallest absolute Gasteiger partial charge is 0.214 e. The lowest BCUT2D eigenvalue weighted by molar-refractivity contribution is 0.193. The molecule has 1 heterocycles. The van der Waals surface area contributed by atoms with Gasteiger partial charge in [-0.15, -0.1) is 0 Å². The van der Waals surface area contributed by atoms with E-state index in [1.54, 1.807) is 12.1 Å². The SMILES string of the molecule is Cc1cc(C#N)cc(OCC2(N)CCCCCC2)n1. The lowest BCUT2D eigenvalue weighted by atomic mass is 9.93. The van der Waals surface area contributed by atoms with Crippen LogP contribution in [0.2, 0.25) is 0 Å². The predicted molar refractivity (Wildman–Crippen MR) is 73.8 cm³/mol. The van der Waals surface area contributed by atoms with E-state index in [0.717, 1.165) is 18.5 Å². The molecule has 0 unspecified atom stereocenters. The molecule has 4 heteroatoms. The first-order valence-corrected chi connectivity index (χ1v) is 6.92. The zero-order valence-electron chi connectivity index (χ0n) is 11.5. The number of nitrogens with two attached hydrogens (primary N) is 1. The quantitative estimate of drug-likeness (QED) is 0.847. The van der Waals surface area contributed by atoms with Crippen molar-refractivity contribution in [3.05, 3.63) is 23.4 Å². The van der Waals surface area contributed by atoms with Crippen molar-refractivity contribution in [3.63, 3.8) is 0 Å². The Labute approximate surface area is 114 Å². The molecule has 0 aliphatic heterocycles. The minimum absolute atomic E-state index is 0.241. The molecule has 1 fully saturated rings. The van der Waals surface area contributed by atoms with E-state index in [1.807, 2.05) is 6.92 Å². The Kier molecular flexibility index (Phi) is 4.39. The molecule has 2 rings (SSSR count). The fourth-order valence-corrected chi connectivity index (χ4v) is 2.57. The minimum Gasteiger partial charge on any atom is -0.476 e. The average molecular weight is 259 g/mol. The third kappa shape index (κ3) is 3.93. The number of pyridine rings is 1. The van der Waals surface area contributed by atoms with Gasteiger partial charge in [-0.25, -0.2) is 4.98 Å². The second kappa shape index (κ2) is 6.03. The maximum absolute atomic E-state index is 8.93. The summed E-state index contributed by atoms with van der Waals surface area (Å²) >= 11 is 0. The number of aryl methyl sites for hydroxylation is 1. The monoisotopic (exact) mass is 259 g/mol. The molecule has 0 bridgehead atoms. The molecule has 102 valence electrons. The van der Waals surface area contributed by atoms with Crippen molar-refractivity contribution < 1.29 is 4.74 Å². The molecule has 1 aliphatic rings. The number of rotatable bonds is 3. The molecule has 1 aromatic rings. The van der Waals surface area contributed by atoms with Crippen LogP contribution in [0.15, 0.2) is 12.1 Å².